The molecule has 4 heterocycles. The van der Waals surface area contributed by atoms with Crippen LogP contribution in [0.25, 0.3) is 22.3 Å². The van der Waals surface area contributed by atoms with Gasteiger partial charge in [0.2, 0.25) is 5.88 Å². The van der Waals surface area contributed by atoms with E-state index in [1.807, 2.05) is 0 Å². The number of aromatic nitrogens is 4. The van der Waals surface area contributed by atoms with Gasteiger partial charge in [0, 0.05) is 35.6 Å². The fourth-order valence-electron chi connectivity index (χ4n) is 4.70. The topological polar surface area (TPSA) is 99.4 Å². The number of thiazole rings is 1. The number of carbonyl (C=O) groups is 1. The van der Waals surface area contributed by atoms with Crippen LogP contribution in [-0.2, 0) is 30.5 Å². The standard InChI is InChI=1S/C29H20F6N4O4S/c30-18-9-17(19-2-1-3-24(37-19)43-12-25-38-22(13-44-25)29(33,34)35)27(32)26(31)16(18)10-23-36-20-5-4-14(28(40)41)8-21(20)39(23)11-15-6-7-42-15/h1-5,8-9,13,15H,6-7,10-12H2,(H,40,41). The van der Waals surface area contributed by atoms with Gasteiger partial charge in [0.15, 0.2) is 17.3 Å². The number of pyridine rings is 1. The average Bonchev–Trinajstić information content (AvgIpc) is 3.58. The predicted octanol–water partition coefficient (Wildman–Crippen LogP) is 6.65. The summed E-state index contributed by atoms with van der Waals surface area (Å²) in [5.41, 5.74) is -1.48. The highest BCUT2D eigenvalue weighted by Crippen LogP contribution is 2.32. The van der Waals surface area contributed by atoms with Gasteiger partial charge in [-0.25, -0.2) is 32.9 Å². The average molecular weight is 635 g/mol. The molecular formula is C29H20F6N4O4S. The van der Waals surface area contributed by atoms with Crippen LogP contribution in [0.3, 0.4) is 0 Å². The van der Waals surface area contributed by atoms with Gasteiger partial charge in [-0.1, -0.05) is 6.07 Å². The first kappa shape index (κ1) is 29.6. The van der Waals surface area contributed by atoms with Crippen molar-refractivity contribution in [3.8, 4) is 17.1 Å². The minimum absolute atomic E-state index is 0.00362. The summed E-state index contributed by atoms with van der Waals surface area (Å²) in [4.78, 5) is 23.5. The number of aromatic carboxylic acids is 1. The molecule has 1 fully saturated rings. The highest BCUT2D eigenvalue weighted by atomic mass is 32.1. The zero-order chi connectivity index (χ0) is 31.2. The maximum Gasteiger partial charge on any atom is 0.434 e. The Morgan fingerprint density at radius 3 is 2.57 bits per heavy atom. The van der Waals surface area contributed by atoms with E-state index in [1.165, 1.54) is 36.4 Å². The van der Waals surface area contributed by atoms with E-state index in [1.54, 1.807) is 4.57 Å². The van der Waals surface area contributed by atoms with Crippen LogP contribution in [0.2, 0.25) is 0 Å². The van der Waals surface area contributed by atoms with E-state index in [0.29, 0.717) is 17.6 Å². The van der Waals surface area contributed by atoms with Crippen molar-refractivity contribution in [1.29, 1.82) is 0 Å². The summed E-state index contributed by atoms with van der Waals surface area (Å²) in [7, 11) is 0. The number of benzene rings is 2. The Bertz CT molecular complexity index is 1890. The van der Waals surface area contributed by atoms with Crippen molar-refractivity contribution < 1.29 is 45.7 Å². The van der Waals surface area contributed by atoms with Crippen LogP contribution >= 0.6 is 11.3 Å². The molecule has 1 aliphatic rings. The minimum Gasteiger partial charge on any atom is -0.478 e. The van der Waals surface area contributed by atoms with Crippen LogP contribution in [0.15, 0.2) is 47.8 Å². The fourth-order valence-corrected chi connectivity index (χ4v) is 5.42. The Morgan fingerprint density at radius 1 is 1.09 bits per heavy atom. The van der Waals surface area contributed by atoms with Crippen LogP contribution in [0.5, 0.6) is 5.88 Å². The zero-order valence-electron chi connectivity index (χ0n) is 22.4. The van der Waals surface area contributed by atoms with Crippen molar-refractivity contribution in [1.82, 2.24) is 19.5 Å². The molecule has 228 valence electrons. The van der Waals surface area contributed by atoms with Gasteiger partial charge in [0.05, 0.1) is 34.9 Å². The maximum absolute atomic E-state index is 15.4. The molecule has 1 unspecified atom stereocenters. The van der Waals surface area contributed by atoms with E-state index in [-0.39, 0.29) is 47.2 Å². The Balaban J connectivity index is 1.28. The van der Waals surface area contributed by atoms with Crippen LogP contribution in [0, 0.1) is 17.5 Å². The molecule has 0 amide bonds. The van der Waals surface area contributed by atoms with Gasteiger partial charge in [-0.2, -0.15) is 13.2 Å². The van der Waals surface area contributed by atoms with E-state index in [4.69, 9.17) is 9.47 Å². The smallest absolute Gasteiger partial charge is 0.434 e. The number of alkyl halides is 3. The molecule has 1 saturated heterocycles. The van der Waals surface area contributed by atoms with Crippen LogP contribution in [-0.4, -0.2) is 43.3 Å². The molecule has 5 aromatic rings. The third kappa shape index (κ3) is 5.84. The second-order valence-corrected chi connectivity index (χ2v) is 10.8. The van der Waals surface area contributed by atoms with Gasteiger partial charge >= 0.3 is 12.1 Å². The molecular weight excluding hydrogens is 614 g/mol. The number of halogens is 6. The van der Waals surface area contributed by atoms with E-state index >= 15 is 13.2 Å². The summed E-state index contributed by atoms with van der Waals surface area (Å²) in [5, 5.41) is 10.3. The summed E-state index contributed by atoms with van der Waals surface area (Å²) < 4.78 is 97.2. The lowest BCUT2D eigenvalue weighted by molar-refractivity contribution is -0.140. The first-order chi connectivity index (χ1) is 21.0. The quantitative estimate of drug-likeness (QED) is 0.143. The van der Waals surface area contributed by atoms with Crippen molar-refractivity contribution in [3.05, 3.63) is 92.9 Å². The van der Waals surface area contributed by atoms with Gasteiger partial charge in [0.25, 0.3) is 0 Å². The van der Waals surface area contributed by atoms with E-state index in [2.05, 4.69) is 15.0 Å². The molecule has 0 radical (unpaired) electrons. The molecule has 0 saturated carbocycles. The normalized spacial score (nSPS) is 15.0. The SMILES string of the molecule is O=C(O)c1ccc2nc(Cc3c(F)cc(-c4cccc(OCc5nc(C(F)(F)F)cs5)n4)c(F)c3F)n(CC3CCO3)c2c1. The van der Waals surface area contributed by atoms with Gasteiger partial charge in [0.1, 0.15) is 23.3 Å². The molecule has 2 aromatic carbocycles. The number of rotatable bonds is 9. The van der Waals surface area contributed by atoms with E-state index in [0.717, 1.165) is 29.2 Å². The highest BCUT2D eigenvalue weighted by molar-refractivity contribution is 7.09. The number of carboxylic acid groups (broad SMARTS) is 1. The Morgan fingerprint density at radius 2 is 1.89 bits per heavy atom. The number of hydrogen-bond acceptors (Lipinski definition) is 7. The van der Waals surface area contributed by atoms with Crippen LogP contribution in [0.4, 0.5) is 26.3 Å². The lowest BCUT2D eigenvalue weighted by Gasteiger charge is -2.27. The number of hydrogen-bond donors (Lipinski definition) is 1. The van der Waals surface area contributed by atoms with Gasteiger partial charge in [-0.15, -0.1) is 11.3 Å². The second-order valence-electron chi connectivity index (χ2n) is 9.89. The monoisotopic (exact) mass is 634 g/mol. The lowest BCUT2D eigenvalue weighted by Crippen LogP contribution is -2.31. The highest BCUT2D eigenvalue weighted by Gasteiger charge is 2.33. The van der Waals surface area contributed by atoms with Crippen molar-refractivity contribution in [2.24, 2.45) is 0 Å². The first-order valence-electron chi connectivity index (χ1n) is 13.1. The largest absolute Gasteiger partial charge is 0.478 e. The number of imidazole rings is 1. The van der Waals surface area contributed by atoms with Crippen molar-refractivity contribution >= 4 is 28.3 Å². The molecule has 1 N–H and O–H groups in total. The molecule has 6 rings (SSSR count). The number of nitrogens with zero attached hydrogens (tertiary/aromatic N) is 4. The number of carboxylic acids is 1. The Hall–Kier alpha value is -4.50. The fraction of sp³-hybridized carbons (Fsp3) is 0.241. The Labute approximate surface area is 248 Å². The summed E-state index contributed by atoms with van der Waals surface area (Å²) in [6, 6.07) is 9.10. The molecule has 44 heavy (non-hydrogen) atoms. The van der Waals surface area contributed by atoms with Gasteiger partial charge < -0.3 is 19.1 Å². The third-order valence-electron chi connectivity index (χ3n) is 7.03. The summed E-state index contributed by atoms with van der Waals surface area (Å²) in [5.74, 6) is -4.99. The first-order valence-corrected chi connectivity index (χ1v) is 14.0. The molecule has 8 nitrogen and oxygen atoms in total. The van der Waals surface area contributed by atoms with Gasteiger partial charge in [-0.05, 0) is 36.8 Å². The second kappa shape index (κ2) is 11.5. The van der Waals surface area contributed by atoms with Crippen molar-refractivity contribution in [3.63, 3.8) is 0 Å². The van der Waals surface area contributed by atoms with Gasteiger partial charge in [-0.3, -0.25) is 0 Å². The molecule has 1 aliphatic heterocycles. The molecule has 1 atom stereocenters. The van der Waals surface area contributed by atoms with Crippen molar-refractivity contribution in [2.75, 3.05) is 6.61 Å². The van der Waals surface area contributed by atoms with Crippen LogP contribution < -0.4 is 4.74 Å². The third-order valence-corrected chi connectivity index (χ3v) is 7.85. The molecule has 0 spiro atoms. The molecule has 15 heteroatoms. The van der Waals surface area contributed by atoms with Crippen molar-refractivity contribution in [2.45, 2.75) is 38.3 Å². The molecule has 0 aliphatic carbocycles. The summed E-state index contributed by atoms with van der Waals surface area (Å²) >= 11 is 0.733. The summed E-state index contributed by atoms with van der Waals surface area (Å²) in [6.45, 7) is 0.448. The molecule has 0 bridgehead atoms. The number of fused-ring (bicyclic) bond motifs is 1. The predicted molar refractivity (Wildman–Crippen MR) is 145 cm³/mol. The zero-order valence-corrected chi connectivity index (χ0v) is 23.2. The minimum atomic E-state index is -4.60. The lowest BCUT2D eigenvalue weighted by atomic mass is 10.0. The van der Waals surface area contributed by atoms with Crippen LogP contribution in [0.1, 0.15) is 38.9 Å². The Kier molecular flexibility index (Phi) is 7.75. The molecule has 3 aromatic heterocycles. The van der Waals surface area contributed by atoms with E-state index < -0.39 is 52.8 Å². The maximum atomic E-state index is 15.4. The summed E-state index contributed by atoms with van der Waals surface area (Å²) in [6.07, 6.45) is -4.51. The van der Waals surface area contributed by atoms with E-state index in [9.17, 15) is 23.1 Å². The number of ether oxygens (including phenoxy) is 2.